The van der Waals surface area contributed by atoms with E-state index >= 15 is 8.78 Å². The van der Waals surface area contributed by atoms with Gasteiger partial charge in [-0.3, -0.25) is 4.79 Å². The first kappa shape index (κ1) is 33.0. The van der Waals surface area contributed by atoms with E-state index in [1.54, 1.807) is 18.2 Å². The third kappa shape index (κ3) is 5.77. The van der Waals surface area contributed by atoms with Gasteiger partial charge in [-0.25, -0.2) is 4.79 Å². The number of alkyl halides is 5. The van der Waals surface area contributed by atoms with Crippen molar-refractivity contribution in [3.05, 3.63) is 94.1 Å². The summed E-state index contributed by atoms with van der Waals surface area (Å²) in [5.41, 5.74) is 0.352. The average molecular weight is 653 g/mol. The van der Waals surface area contributed by atoms with Crippen LogP contribution >= 0.6 is 0 Å². The molecule has 2 aromatic carbocycles. The molecule has 2 amide bonds. The van der Waals surface area contributed by atoms with Crippen LogP contribution in [0.15, 0.2) is 77.4 Å². The molecule has 2 saturated carbocycles. The lowest BCUT2D eigenvalue weighted by Crippen LogP contribution is -2.65. The van der Waals surface area contributed by atoms with Crippen LogP contribution in [0.5, 0.6) is 0 Å². The zero-order valence-electron chi connectivity index (χ0n) is 26.0. The van der Waals surface area contributed by atoms with Gasteiger partial charge in [0.15, 0.2) is 5.78 Å². The monoisotopic (exact) mass is 652 g/mol. The number of carbonyl (C=O) groups is 2. The van der Waals surface area contributed by atoms with Gasteiger partial charge in [-0.2, -0.15) is 22.0 Å². The van der Waals surface area contributed by atoms with E-state index < -0.39 is 41.4 Å². The number of hydrogen-bond acceptors (Lipinski definition) is 3. The topological polar surface area (TPSA) is 78.4 Å². The molecule has 47 heavy (non-hydrogen) atoms. The van der Waals surface area contributed by atoms with Gasteiger partial charge < -0.3 is 15.7 Å². The van der Waals surface area contributed by atoms with Gasteiger partial charge in [-0.1, -0.05) is 66.8 Å². The fourth-order valence-corrected chi connectivity index (χ4v) is 8.62. The molecule has 4 aliphatic carbocycles. The van der Waals surface area contributed by atoms with Gasteiger partial charge in [0.2, 0.25) is 0 Å². The Bertz CT molecular complexity index is 1670. The fraction of sp³-hybridized carbons (Fsp3) is 0.459. The summed E-state index contributed by atoms with van der Waals surface area (Å²) in [4.78, 5) is 24.4. The molecule has 248 valence electrons. The Hall–Kier alpha value is -3.97. The first-order chi connectivity index (χ1) is 22.2. The molecule has 2 fully saturated rings. The van der Waals surface area contributed by atoms with Crippen LogP contribution in [-0.2, 0) is 11.3 Å². The third-order valence-corrected chi connectivity index (χ3v) is 10.9. The second kappa shape index (κ2) is 12.2. The number of allylic oxidation sites excluding steroid dienone is 4. The van der Waals surface area contributed by atoms with E-state index in [9.17, 15) is 27.9 Å². The molecular formula is C37H37F5N2O3. The lowest BCUT2D eigenvalue weighted by atomic mass is 9.50. The molecule has 0 heterocycles. The second-order valence-corrected chi connectivity index (χ2v) is 13.4. The maximum atomic E-state index is 15.2. The summed E-state index contributed by atoms with van der Waals surface area (Å²) >= 11 is 0. The zero-order valence-corrected chi connectivity index (χ0v) is 26.0. The largest absolute Gasteiger partial charge is 0.456 e. The van der Waals surface area contributed by atoms with E-state index in [4.69, 9.17) is 0 Å². The van der Waals surface area contributed by atoms with Crippen LogP contribution in [-0.4, -0.2) is 41.2 Å². The highest BCUT2D eigenvalue weighted by atomic mass is 19.4. The van der Waals surface area contributed by atoms with Crippen LogP contribution in [0.3, 0.4) is 0 Å². The molecule has 6 rings (SSSR count). The van der Waals surface area contributed by atoms with Gasteiger partial charge in [0.1, 0.15) is 5.60 Å². The molecule has 0 radical (unpaired) electrons. The predicted molar refractivity (Wildman–Crippen MR) is 166 cm³/mol. The molecule has 0 saturated heterocycles. The van der Waals surface area contributed by atoms with Crippen LogP contribution in [0.2, 0.25) is 0 Å². The molecule has 5 nitrogen and oxygen atoms in total. The van der Waals surface area contributed by atoms with Crippen molar-refractivity contribution in [2.24, 2.45) is 17.3 Å². The summed E-state index contributed by atoms with van der Waals surface area (Å²) in [6, 6.07) is 16.3. The normalized spacial score (nSPS) is 28.7. The Balaban J connectivity index is 1.26. The van der Waals surface area contributed by atoms with E-state index in [2.05, 4.69) is 22.5 Å². The number of urea groups is 1. The van der Waals surface area contributed by atoms with Crippen molar-refractivity contribution in [1.29, 1.82) is 0 Å². The summed E-state index contributed by atoms with van der Waals surface area (Å²) in [5.74, 6) is -0.704. The van der Waals surface area contributed by atoms with E-state index in [0.29, 0.717) is 37.8 Å². The Labute approximate surface area is 270 Å². The number of aliphatic hydroxyl groups is 1. The number of nitrogens with one attached hydrogen (secondary N) is 2. The maximum Gasteiger partial charge on any atom is 0.456 e. The van der Waals surface area contributed by atoms with Crippen molar-refractivity contribution in [3.63, 3.8) is 0 Å². The van der Waals surface area contributed by atoms with Crippen LogP contribution in [0, 0.1) is 29.1 Å². The van der Waals surface area contributed by atoms with Gasteiger partial charge in [0.25, 0.3) is 0 Å². The molecule has 3 N–H and O–H groups in total. The van der Waals surface area contributed by atoms with E-state index in [-0.39, 0.29) is 37.1 Å². The third-order valence-electron chi connectivity index (χ3n) is 10.9. The highest BCUT2D eigenvalue weighted by Gasteiger charge is 2.79. The van der Waals surface area contributed by atoms with Gasteiger partial charge in [-0.05, 0) is 90.8 Å². The van der Waals surface area contributed by atoms with Crippen LogP contribution in [0.4, 0.5) is 26.7 Å². The van der Waals surface area contributed by atoms with Gasteiger partial charge in [-0.15, -0.1) is 0 Å². The van der Waals surface area contributed by atoms with Gasteiger partial charge in [0, 0.05) is 29.9 Å². The number of hydrogen-bond donors (Lipinski definition) is 3. The molecule has 5 atom stereocenters. The minimum atomic E-state index is -5.89. The maximum absolute atomic E-state index is 15.2. The Morgan fingerprint density at radius 1 is 0.979 bits per heavy atom. The quantitative estimate of drug-likeness (QED) is 0.233. The number of ketones is 1. The highest BCUT2D eigenvalue weighted by Crippen LogP contribution is 2.70. The lowest BCUT2D eigenvalue weighted by Gasteiger charge is -2.56. The summed E-state index contributed by atoms with van der Waals surface area (Å²) < 4.78 is 71.8. The van der Waals surface area contributed by atoms with Crippen LogP contribution < -0.4 is 10.6 Å². The lowest BCUT2D eigenvalue weighted by molar-refractivity contribution is -0.362. The molecule has 0 aromatic heterocycles. The summed E-state index contributed by atoms with van der Waals surface area (Å²) in [6.07, 6.45) is -2.97. The number of benzene rings is 2. The molecule has 0 spiro atoms. The van der Waals surface area contributed by atoms with Crippen LogP contribution in [0.1, 0.15) is 74.5 Å². The van der Waals surface area contributed by atoms with Crippen molar-refractivity contribution in [1.82, 2.24) is 10.6 Å². The van der Waals surface area contributed by atoms with Crippen molar-refractivity contribution >= 4 is 11.8 Å². The Morgan fingerprint density at radius 3 is 2.40 bits per heavy atom. The second-order valence-electron chi connectivity index (χ2n) is 13.4. The number of rotatable bonds is 5. The fourth-order valence-electron chi connectivity index (χ4n) is 8.62. The van der Waals surface area contributed by atoms with E-state index in [1.165, 1.54) is 6.92 Å². The van der Waals surface area contributed by atoms with Crippen molar-refractivity contribution < 1.29 is 36.6 Å². The van der Waals surface area contributed by atoms with Crippen molar-refractivity contribution in [3.8, 4) is 11.8 Å². The van der Waals surface area contributed by atoms with Crippen molar-refractivity contribution in [2.75, 3.05) is 6.54 Å². The molecule has 2 unspecified atom stereocenters. The molecule has 4 aliphatic rings. The predicted octanol–water partition coefficient (Wildman–Crippen LogP) is 7.37. The number of carbonyl (C=O) groups excluding carboxylic acids is 2. The number of halogens is 5. The molecule has 0 bridgehead atoms. The highest BCUT2D eigenvalue weighted by molar-refractivity contribution is 5.93. The zero-order chi connectivity index (χ0) is 33.6. The van der Waals surface area contributed by atoms with E-state index in [1.807, 2.05) is 42.5 Å². The minimum Gasteiger partial charge on any atom is -0.383 e. The molecular weight excluding hydrogens is 615 g/mol. The average Bonchev–Trinajstić information content (AvgIpc) is 3.33. The van der Waals surface area contributed by atoms with Crippen LogP contribution in [0.25, 0.3) is 0 Å². The minimum absolute atomic E-state index is 0.0335. The smallest absolute Gasteiger partial charge is 0.383 e. The molecule has 2 aromatic rings. The first-order valence-electron chi connectivity index (χ1n) is 16.0. The first-order valence-corrected chi connectivity index (χ1v) is 16.0. The Kier molecular flexibility index (Phi) is 8.58. The van der Waals surface area contributed by atoms with Gasteiger partial charge in [0.05, 0.1) is 6.54 Å². The number of fused-ring (bicyclic) bond motifs is 4. The summed E-state index contributed by atoms with van der Waals surface area (Å²) in [7, 11) is 0. The Morgan fingerprint density at radius 2 is 1.70 bits per heavy atom. The molecule has 10 heteroatoms. The number of amides is 2. The van der Waals surface area contributed by atoms with E-state index in [0.717, 1.165) is 27.8 Å². The molecule has 0 aliphatic heterocycles. The summed E-state index contributed by atoms with van der Waals surface area (Å²) in [5, 5.41) is 16.9. The SMILES string of the molecule is C[C@]12C[C@H](c3ccc(C#CCNC(=O)NCc4ccccc4)cc3)C3=C4CCC(=O)C=C4CCC3C1CC[C@@]2(O)C(F)(F)C(F)(F)F. The van der Waals surface area contributed by atoms with Crippen molar-refractivity contribution in [2.45, 2.75) is 82.0 Å². The van der Waals surface area contributed by atoms with Gasteiger partial charge >= 0.3 is 18.1 Å². The summed E-state index contributed by atoms with van der Waals surface area (Å²) in [6.45, 7) is 1.89. The standard InChI is InChI=1S/C37H37F5N2O3/c1-34-21-30(25-11-9-23(10-12-25)8-5-19-43-33(46)44-22-24-6-3-2-4-7-24)32-28-16-14-27(45)20-26(28)13-15-29(32)31(34)17-18-35(34,47)36(38,39)37(40,41)42/h2-4,6-7,9-12,20,29-31,47H,13-19,21-22H2,1H3,(H2,43,44,46)/t29?,30-,31?,34+,35+/m1/s1.